The first kappa shape index (κ1) is 7.64. The molecule has 0 unspecified atom stereocenters. The van der Waals surface area contributed by atoms with Gasteiger partial charge in [0.25, 0.3) is 0 Å². The number of fused-ring (bicyclic) bond motifs is 1. The number of imidazole rings is 1. The summed E-state index contributed by atoms with van der Waals surface area (Å²) in [5, 5.41) is 4.02. The normalized spacial score (nSPS) is 10.9. The molecule has 2 aromatic heterocycles. The zero-order valence-electron chi connectivity index (χ0n) is 7.14. The second-order valence-corrected chi connectivity index (χ2v) is 3.71. The van der Waals surface area contributed by atoms with Gasteiger partial charge in [0.1, 0.15) is 5.52 Å². The molecule has 0 atom stereocenters. The van der Waals surface area contributed by atoms with Crippen molar-refractivity contribution < 1.29 is 0 Å². The summed E-state index contributed by atoms with van der Waals surface area (Å²) < 4.78 is 4.99. The first-order valence-electron chi connectivity index (χ1n) is 4.14. The molecule has 2 heterocycles. The van der Waals surface area contributed by atoms with Gasteiger partial charge in [-0.25, -0.2) is 4.98 Å². The highest BCUT2D eigenvalue weighted by atomic mass is 32.1. The Hall–Kier alpha value is -1.75. The minimum absolute atomic E-state index is 0.933. The monoisotopic (exact) mass is 202 g/mol. The Labute approximate surface area is 83.8 Å². The number of H-pyrrole nitrogens is 1. The molecule has 3 rings (SSSR count). The summed E-state index contributed by atoms with van der Waals surface area (Å²) in [5.74, 6) is 0. The zero-order valence-corrected chi connectivity index (χ0v) is 7.95. The van der Waals surface area contributed by atoms with Crippen molar-refractivity contribution >= 4 is 21.7 Å². The number of hydrogen-bond donors (Lipinski definition) is 1. The molecule has 0 saturated heterocycles. The molecular weight excluding hydrogens is 196 g/mol. The number of nitrogens with one attached hydrogen (secondary N) is 1. The fourth-order valence-corrected chi connectivity index (χ4v) is 1.90. The van der Waals surface area contributed by atoms with Gasteiger partial charge in [0.15, 0.2) is 0 Å². The first-order valence-corrected chi connectivity index (χ1v) is 4.92. The van der Waals surface area contributed by atoms with Gasteiger partial charge in [0, 0.05) is 5.56 Å². The molecule has 0 saturated carbocycles. The molecule has 0 fully saturated rings. The third-order valence-electron chi connectivity index (χ3n) is 2.06. The quantitative estimate of drug-likeness (QED) is 0.657. The third-order valence-corrected chi connectivity index (χ3v) is 2.76. The highest BCUT2D eigenvalue weighted by molar-refractivity contribution is 7.12. The van der Waals surface area contributed by atoms with Crippen molar-refractivity contribution in [1.29, 1.82) is 0 Å². The molecule has 0 aliphatic rings. The van der Waals surface area contributed by atoms with Crippen LogP contribution in [0.5, 0.6) is 0 Å². The van der Waals surface area contributed by atoms with Crippen LogP contribution in [0.25, 0.3) is 21.5 Å². The molecule has 1 aromatic carbocycles. The summed E-state index contributed by atoms with van der Waals surface area (Å²) in [5.41, 5.74) is 3.02. The molecular formula is C9H6N4S. The Morgan fingerprint density at radius 3 is 3.14 bits per heavy atom. The molecule has 4 nitrogen and oxygen atoms in total. The van der Waals surface area contributed by atoms with Crippen molar-refractivity contribution in [2.75, 3.05) is 0 Å². The highest BCUT2D eigenvalue weighted by Gasteiger charge is 2.02. The molecule has 5 heteroatoms. The van der Waals surface area contributed by atoms with Crippen LogP contribution in [0, 0.1) is 0 Å². The number of rotatable bonds is 1. The van der Waals surface area contributed by atoms with E-state index in [2.05, 4.69) is 19.6 Å². The van der Waals surface area contributed by atoms with Gasteiger partial charge in [-0.15, -0.1) is 5.10 Å². The summed E-state index contributed by atoms with van der Waals surface area (Å²) in [4.78, 5) is 7.03. The van der Waals surface area contributed by atoms with Crippen LogP contribution in [-0.2, 0) is 0 Å². The lowest BCUT2D eigenvalue weighted by Gasteiger charge is -1.95. The summed E-state index contributed by atoms with van der Waals surface area (Å²) in [7, 11) is 0. The van der Waals surface area contributed by atoms with Crippen molar-refractivity contribution in [2.24, 2.45) is 0 Å². The third kappa shape index (κ3) is 1.10. The molecule has 3 aromatic rings. The Morgan fingerprint density at radius 2 is 2.29 bits per heavy atom. The van der Waals surface area contributed by atoms with Crippen molar-refractivity contribution in [3.63, 3.8) is 0 Å². The van der Waals surface area contributed by atoms with Crippen LogP contribution in [0.2, 0.25) is 0 Å². The van der Waals surface area contributed by atoms with E-state index in [1.807, 2.05) is 18.2 Å². The minimum atomic E-state index is 0.933. The zero-order chi connectivity index (χ0) is 9.38. The second-order valence-electron chi connectivity index (χ2n) is 2.92. The summed E-state index contributed by atoms with van der Waals surface area (Å²) >= 11 is 1.41. The molecule has 0 aliphatic heterocycles. The lowest BCUT2D eigenvalue weighted by atomic mass is 10.1. The number of benzene rings is 1. The van der Waals surface area contributed by atoms with Crippen LogP contribution in [0.1, 0.15) is 0 Å². The van der Waals surface area contributed by atoms with Crippen molar-refractivity contribution in [3.8, 4) is 11.3 Å². The Bertz CT molecular complexity index is 555. The van der Waals surface area contributed by atoms with E-state index >= 15 is 0 Å². The fraction of sp³-hybridized carbons (Fsp3) is 0. The van der Waals surface area contributed by atoms with Gasteiger partial charge in [-0.2, -0.15) is 0 Å². The van der Waals surface area contributed by atoms with Gasteiger partial charge in [-0.05, 0) is 23.7 Å². The maximum atomic E-state index is 4.02. The van der Waals surface area contributed by atoms with Gasteiger partial charge < -0.3 is 4.98 Å². The van der Waals surface area contributed by atoms with Gasteiger partial charge in [0.2, 0.25) is 0 Å². The van der Waals surface area contributed by atoms with Crippen LogP contribution >= 0.6 is 11.5 Å². The van der Waals surface area contributed by atoms with Crippen molar-refractivity contribution in [2.45, 2.75) is 0 Å². The molecule has 68 valence electrons. The van der Waals surface area contributed by atoms with E-state index in [1.54, 1.807) is 12.5 Å². The predicted octanol–water partition coefficient (Wildman–Crippen LogP) is 2.08. The van der Waals surface area contributed by atoms with Gasteiger partial charge >= 0.3 is 0 Å². The largest absolute Gasteiger partial charge is 0.345 e. The van der Waals surface area contributed by atoms with E-state index in [-0.39, 0.29) is 0 Å². The standard InChI is InChI=1S/C9H6N4S/c1-2-9-7(12-13-14-9)3-6(1)8-4-10-5-11-8/h1-5H,(H,10,11). The molecule has 0 aliphatic carbocycles. The molecule has 14 heavy (non-hydrogen) atoms. The Kier molecular flexibility index (Phi) is 1.57. The van der Waals surface area contributed by atoms with Crippen molar-refractivity contribution in [3.05, 3.63) is 30.7 Å². The van der Waals surface area contributed by atoms with Gasteiger partial charge in [-0.3, -0.25) is 0 Å². The SMILES string of the molecule is c1ncc(-c2ccc3snnc3c2)[nH]1. The predicted molar refractivity (Wildman–Crippen MR) is 55.0 cm³/mol. The van der Waals surface area contributed by atoms with E-state index in [0.29, 0.717) is 0 Å². The van der Waals surface area contributed by atoms with Crippen LogP contribution in [-0.4, -0.2) is 19.6 Å². The molecule has 0 bridgehead atoms. The van der Waals surface area contributed by atoms with Crippen molar-refractivity contribution in [1.82, 2.24) is 19.6 Å². The van der Waals surface area contributed by atoms with Gasteiger partial charge in [-0.1, -0.05) is 10.6 Å². The molecule has 1 N–H and O–H groups in total. The smallest absolute Gasteiger partial charge is 0.106 e. The number of aromatic nitrogens is 4. The molecule has 0 radical (unpaired) electrons. The fourth-order valence-electron chi connectivity index (χ4n) is 1.36. The number of hydrogen-bond acceptors (Lipinski definition) is 4. The maximum absolute atomic E-state index is 4.02. The maximum Gasteiger partial charge on any atom is 0.106 e. The van der Waals surface area contributed by atoms with E-state index in [1.165, 1.54) is 11.5 Å². The Balaban J connectivity index is 2.23. The highest BCUT2D eigenvalue weighted by Crippen LogP contribution is 2.22. The topological polar surface area (TPSA) is 54.5 Å². The average molecular weight is 202 g/mol. The molecule has 0 spiro atoms. The van der Waals surface area contributed by atoms with E-state index < -0.39 is 0 Å². The average Bonchev–Trinajstić information content (AvgIpc) is 2.88. The number of aromatic amines is 1. The summed E-state index contributed by atoms with van der Waals surface area (Å²) in [6.45, 7) is 0. The van der Waals surface area contributed by atoms with Crippen LogP contribution in [0.4, 0.5) is 0 Å². The van der Waals surface area contributed by atoms with E-state index in [4.69, 9.17) is 0 Å². The van der Waals surface area contributed by atoms with E-state index in [9.17, 15) is 0 Å². The van der Waals surface area contributed by atoms with Crippen LogP contribution in [0.15, 0.2) is 30.7 Å². The minimum Gasteiger partial charge on any atom is -0.345 e. The van der Waals surface area contributed by atoms with Gasteiger partial charge in [0.05, 0.1) is 22.9 Å². The van der Waals surface area contributed by atoms with Crippen LogP contribution < -0.4 is 0 Å². The van der Waals surface area contributed by atoms with Crippen LogP contribution in [0.3, 0.4) is 0 Å². The first-order chi connectivity index (χ1) is 6.93. The lowest BCUT2D eigenvalue weighted by molar-refractivity contribution is 1.20. The molecule has 0 amide bonds. The second kappa shape index (κ2) is 2.88. The lowest BCUT2D eigenvalue weighted by Crippen LogP contribution is -1.76. The summed E-state index contributed by atoms with van der Waals surface area (Å²) in [6.07, 6.45) is 3.46. The summed E-state index contributed by atoms with van der Waals surface area (Å²) in [6, 6.07) is 6.07. The number of nitrogens with zero attached hydrogens (tertiary/aromatic N) is 3. The van der Waals surface area contributed by atoms with E-state index in [0.717, 1.165) is 21.5 Å². The Morgan fingerprint density at radius 1 is 1.29 bits per heavy atom.